The number of aromatic nitrogens is 2. The van der Waals surface area contributed by atoms with E-state index in [2.05, 4.69) is 65.6 Å². The minimum Gasteiger partial charge on any atom is -0.356 e. The maximum Gasteiger partial charge on any atom is 0.137 e. The fourth-order valence-corrected chi connectivity index (χ4v) is 2.86. The van der Waals surface area contributed by atoms with Crippen molar-refractivity contribution >= 4 is 21.7 Å². The van der Waals surface area contributed by atoms with Gasteiger partial charge in [-0.15, -0.1) is 0 Å². The largest absolute Gasteiger partial charge is 0.356 e. The molecule has 1 aliphatic heterocycles. The molecule has 2 heterocycles. The number of anilines is 1. The third kappa shape index (κ3) is 3.70. The quantitative estimate of drug-likeness (QED) is 0.774. The van der Waals surface area contributed by atoms with Crippen LogP contribution in [0.1, 0.15) is 39.4 Å². The van der Waals surface area contributed by atoms with Crippen molar-refractivity contribution in [3.05, 3.63) is 16.5 Å². The van der Waals surface area contributed by atoms with Crippen LogP contribution in [-0.4, -0.2) is 48.1 Å². The van der Waals surface area contributed by atoms with Gasteiger partial charge in [-0.2, -0.15) is 0 Å². The Labute approximate surface area is 130 Å². The summed E-state index contributed by atoms with van der Waals surface area (Å²) in [5.74, 6) is 1.91. The molecule has 0 aliphatic carbocycles. The van der Waals surface area contributed by atoms with Gasteiger partial charge in [0.1, 0.15) is 16.2 Å². The van der Waals surface area contributed by atoms with Gasteiger partial charge in [0.2, 0.25) is 0 Å². The van der Waals surface area contributed by atoms with Crippen molar-refractivity contribution in [2.75, 3.05) is 32.1 Å². The van der Waals surface area contributed by atoms with E-state index in [4.69, 9.17) is 4.98 Å². The highest BCUT2D eigenvalue weighted by Gasteiger charge is 2.24. The summed E-state index contributed by atoms with van der Waals surface area (Å²) in [6.07, 6.45) is 2.39. The van der Waals surface area contributed by atoms with Gasteiger partial charge in [0.15, 0.2) is 0 Å². The second-order valence-electron chi connectivity index (χ2n) is 6.77. The fourth-order valence-electron chi connectivity index (χ4n) is 2.49. The van der Waals surface area contributed by atoms with Crippen LogP contribution >= 0.6 is 15.9 Å². The van der Waals surface area contributed by atoms with Crippen molar-refractivity contribution in [2.45, 2.75) is 45.1 Å². The Morgan fingerprint density at radius 1 is 1.25 bits per heavy atom. The van der Waals surface area contributed by atoms with Gasteiger partial charge in [0.05, 0.1) is 0 Å². The van der Waals surface area contributed by atoms with Crippen molar-refractivity contribution in [1.29, 1.82) is 0 Å². The number of halogens is 1. The molecule has 1 fully saturated rings. The molecular weight excluding hydrogens is 316 g/mol. The highest BCUT2D eigenvalue weighted by atomic mass is 79.9. The van der Waals surface area contributed by atoms with Crippen molar-refractivity contribution in [3.63, 3.8) is 0 Å². The van der Waals surface area contributed by atoms with Gasteiger partial charge in [-0.05, 0) is 48.9 Å². The minimum absolute atomic E-state index is 0.0356. The lowest BCUT2D eigenvalue weighted by Crippen LogP contribution is -2.42. The predicted molar refractivity (Wildman–Crippen MR) is 87.4 cm³/mol. The SMILES string of the molecule is CN1CCC(N(C)c2cc(Br)nc(C(C)(C)C)n2)CC1. The normalized spacial score (nSPS) is 18.3. The van der Waals surface area contributed by atoms with Gasteiger partial charge in [0, 0.05) is 24.6 Å². The molecule has 0 radical (unpaired) electrons. The number of hydrogen-bond acceptors (Lipinski definition) is 4. The lowest BCUT2D eigenvalue weighted by molar-refractivity contribution is 0.252. The summed E-state index contributed by atoms with van der Waals surface area (Å²) in [4.78, 5) is 14.0. The zero-order valence-corrected chi connectivity index (χ0v) is 14.7. The van der Waals surface area contributed by atoms with Crippen LogP contribution in [0, 0.1) is 0 Å². The zero-order chi connectivity index (χ0) is 14.9. The van der Waals surface area contributed by atoms with E-state index in [1.54, 1.807) is 0 Å². The van der Waals surface area contributed by atoms with E-state index < -0.39 is 0 Å². The fraction of sp³-hybridized carbons (Fsp3) is 0.733. The first-order chi connectivity index (χ1) is 9.27. The molecule has 1 saturated heterocycles. The molecule has 4 nitrogen and oxygen atoms in total. The molecule has 5 heteroatoms. The average Bonchev–Trinajstić information content (AvgIpc) is 2.37. The van der Waals surface area contributed by atoms with Crippen LogP contribution in [0.3, 0.4) is 0 Å². The van der Waals surface area contributed by atoms with Crippen LogP contribution in [0.5, 0.6) is 0 Å². The average molecular weight is 341 g/mol. The zero-order valence-electron chi connectivity index (χ0n) is 13.1. The van der Waals surface area contributed by atoms with Crippen LogP contribution in [0.4, 0.5) is 5.82 Å². The van der Waals surface area contributed by atoms with Gasteiger partial charge >= 0.3 is 0 Å². The van der Waals surface area contributed by atoms with Gasteiger partial charge in [-0.3, -0.25) is 0 Å². The van der Waals surface area contributed by atoms with E-state index in [1.807, 2.05) is 6.07 Å². The van der Waals surface area contributed by atoms with E-state index in [-0.39, 0.29) is 5.41 Å². The Bertz CT molecular complexity index is 461. The Kier molecular flexibility index (Phi) is 4.69. The van der Waals surface area contributed by atoms with Crippen molar-refractivity contribution in [3.8, 4) is 0 Å². The van der Waals surface area contributed by atoms with Crippen LogP contribution in [0.2, 0.25) is 0 Å². The first kappa shape index (κ1) is 15.7. The first-order valence-corrected chi connectivity index (χ1v) is 8.03. The molecule has 0 saturated carbocycles. The molecule has 0 N–H and O–H groups in total. The molecule has 112 valence electrons. The summed E-state index contributed by atoms with van der Waals surface area (Å²) in [6, 6.07) is 2.59. The monoisotopic (exact) mass is 340 g/mol. The van der Waals surface area contributed by atoms with Crippen molar-refractivity contribution < 1.29 is 0 Å². The lowest BCUT2D eigenvalue weighted by Gasteiger charge is -2.36. The van der Waals surface area contributed by atoms with E-state index >= 15 is 0 Å². The second kappa shape index (κ2) is 5.98. The Balaban J connectivity index is 2.21. The van der Waals surface area contributed by atoms with E-state index in [9.17, 15) is 0 Å². The van der Waals surface area contributed by atoms with E-state index in [1.165, 1.54) is 12.8 Å². The summed E-state index contributed by atoms with van der Waals surface area (Å²) in [5.41, 5.74) is -0.0356. The number of rotatable bonds is 2. The minimum atomic E-state index is -0.0356. The molecule has 0 spiro atoms. The summed E-state index contributed by atoms with van der Waals surface area (Å²) >= 11 is 3.52. The van der Waals surface area contributed by atoms with E-state index in [0.717, 1.165) is 29.3 Å². The Morgan fingerprint density at radius 2 is 1.85 bits per heavy atom. The second-order valence-corrected chi connectivity index (χ2v) is 7.58. The lowest BCUT2D eigenvalue weighted by atomic mass is 9.96. The number of piperidine rings is 1. The topological polar surface area (TPSA) is 32.3 Å². The molecule has 0 atom stereocenters. The summed E-state index contributed by atoms with van der Waals surface area (Å²) in [7, 11) is 4.34. The molecule has 1 aromatic rings. The summed E-state index contributed by atoms with van der Waals surface area (Å²) in [5, 5.41) is 0. The highest BCUT2D eigenvalue weighted by Crippen LogP contribution is 2.26. The molecule has 1 aliphatic rings. The van der Waals surface area contributed by atoms with Crippen LogP contribution in [-0.2, 0) is 5.41 Å². The van der Waals surface area contributed by atoms with Crippen LogP contribution in [0.15, 0.2) is 10.7 Å². The van der Waals surface area contributed by atoms with Gasteiger partial charge < -0.3 is 9.80 Å². The maximum atomic E-state index is 4.77. The molecule has 0 amide bonds. The highest BCUT2D eigenvalue weighted by molar-refractivity contribution is 9.10. The predicted octanol–water partition coefficient (Wildman–Crippen LogP) is 3.07. The summed E-state index contributed by atoms with van der Waals surface area (Å²) < 4.78 is 0.868. The molecule has 1 aromatic heterocycles. The molecule has 0 unspecified atom stereocenters. The first-order valence-electron chi connectivity index (χ1n) is 7.24. The Morgan fingerprint density at radius 3 is 2.40 bits per heavy atom. The summed E-state index contributed by atoms with van der Waals surface area (Å²) in [6.45, 7) is 8.76. The van der Waals surface area contributed by atoms with Crippen molar-refractivity contribution in [1.82, 2.24) is 14.9 Å². The van der Waals surface area contributed by atoms with E-state index in [0.29, 0.717) is 6.04 Å². The van der Waals surface area contributed by atoms with Gasteiger partial charge in [0.25, 0.3) is 0 Å². The number of likely N-dealkylation sites (tertiary alicyclic amines) is 1. The maximum absolute atomic E-state index is 4.77. The third-order valence-corrected chi connectivity index (χ3v) is 4.36. The van der Waals surface area contributed by atoms with Gasteiger partial charge in [-0.1, -0.05) is 20.8 Å². The van der Waals surface area contributed by atoms with Crippen LogP contribution in [0.25, 0.3) is 0 Å². The number of hydrogen-bond donors (Lipinski definition) is 0. The van der Waals surface area contributed by atoms with Crippen LogP contribution < -0.4 is 4.90 Å². The molecule has 0 bridgehead atoms. The van der Waals surface area contributed by atoms with Gasteiger partial charge in [-0.25, -0.2) is 9.97 Å². The smallest absolute Gasteiger partial charge is 0.137 e. The molecular formula is C15H25BrN4. The van der Waals surface area contributed by atoms with Crippen molar-refractivity contribution in [2.24, 2.45) is 0 Å². The number of nitrogens with zero attached hydrogens (tertiary/aromatic N) is 4. The molecule has 0 aromatic carbocycles. The standard InChI is InChI=1S/C15H25BrN4/c1-15(2,3)14-17-12(16)10-13(18-14)20(5)11-6-8-19(4)9-7-11/h10-11H,6-9H2,1-5H3. The molecule has 2 rings (SSSR count). The molecule has 20 heavy (non-hydrogen) atoms. The third-order valence-electron chi connectivity index (χ3n) is 3.95. The Hall–Kier alpha value is -0.680.